The lowest BCUT2D eigenvalue weighted by Gasteiger charge is -2.30. The Hall–Kier alpha value is -1.94. The summed E-state index contributed by atoms with van der Waals surface area (Å²) in [6.45, 7) is 5.52. The molecule has 0 spiro atoms. The van der Waals surface area contributed by atoms with E-state index in [4.69, 9.17) is 9.47 Å². The van der Waals surface area contributed by atoms with Gasteiger partial charge in [-0.1, -0.05) is 0 Å². The zero-order valence-electron chi connectivity index (χ0n) is 14.6. The van der Waals surface area contributed by atoms with Crippen molar-refractivity contribution in [3.05, 3.63) is 11.3 Å². The van der Waals surface area contributed by atoms with Gasteiger partial charge in [-0.3, -0.25) is 9.89 Å². The molecule has 0 aliphatic carbocycles. The summed E-state index contributed by atoms with van der Waals surface area (Å²) in [7, 11) is -4.03. The molecule has 2 rings (SSSR count). The van der Waals surface area contributed by atoms with E-state index in [-0.39, 0.29) is 36.9 Å². The van der Waals surface area contributed by atoms with Crippen LogP contribution in [-0.2, 0) is 24.3 Å². The zero-order valence-corrected chi connectivity index (χ0v) is 15.4. The minimum Gasteiger partial charge on any atom is -0.466 e. The van der Waals surface area contributed by atoms with Gasteiger partial charge in [0.1, 0.15) is 5.56 Å². The molecule has 0 radical (unpaired) electrons. The number of sulfonamides is 1. The summed E-state index contributed by atoms with van der Waals surface area (Å²) in [5, 5.41) is 5.96. The van der Waals surface area contributed by atoms with Crippen LogP contribution < -0.4 is 0 Å². The quantitative estimate of drug-likeness (QED) is 0.735. The van der Waals surface area contributed by atoms with Crippen molar-refractivity contribution in [2.45, 2.75) is 38.6 Å². The van der Waals surface area contributed by atoms with Gasteiger partial charge >= 0.3 is 11.9 Å². The molecule has 1 fully saturated rings. The number of ether oxygens (including phenoxy) is 2. The monoisotopic (exact) mass is 373 g/mol. The molecule has 0 saturated carbocycles. The molecule has 1 aliphatic rings. The lowest BCUT2D eigenvalue weighted by molar-refractivity contribution is -0.149. The number of carbonyl (C=O) groups excluding carboxylic acids is 2. The largest absolute Gasteiger partial charge is 0.466 e. The molecule has 1 aromatic heterocycles. The molecule has 1 aliphatic heterocycles. The van der Waals surface area contributed by atoms with Crippen molar-refractivity contribution in [2.75, 3.05) is 26.3 Å². The van der Waals surface area contributed by atoms with E-state index in [1.807, 2.05) is 0 Å². The van der Waals surface area contributed by atoms with Crippen LogP contribution in [0.2, 0.25) is 0 Å². The number of piperidine rings is 1. The summed E-state index contributed by atoms with van der Waals surface area (Å²) in [6.07, 6.45) is 1.09. The van der Waals surface area contributed by atoms with Crippen LogP contribution in [0, 0.1) is 12.8 Å². The maximum absolute atomic E-state index is 12.9. The number of hydrogen-bond acceptors (Lipinski definition) is 7. The van der Waals surface area contributed by atoms with Crippen molar-refractivity contribution in [2.24, 2.45) is 5.92 Å². The van der Waals surface area contributed by atoms with E-state index in [0.717, 1.165) is 0 Å². The average molecular weight is 373 g/mol. The molecule has 25 heavy (non-hydrogen) atoms. The molecule has 1 aromatic rings. The number of H-pyrrole nitrogens is 1. The molecular formula is C15H23N3O6S. The number of aromatic amines is 1. The van der Waals surface area contributed by atoms with Crippen LogP contribution in [0.5, 0.6) is 0 Å². The number of carbonyl (C=O) groups is 2. The Bertz CT molecular complexity index is 742. The minimum absolute atomic E-state index is 0.00927. The Balaban J connectivity index is 2.30. The predicted octanol–water partition coefficient (Wildman–Crippen LogP) is 0.859. The highest BCUT2D eigenvalue weighted by atomic mass is 32.2. The maximum Gasteiger partial charge on any atom is 0.343 e. The lowest BCUT2D eigenvalue weighted by atomic mass is 10.0. The highest BCUT2D eigenvalue weighted by Crippen LogP contribution is 2.26. The minimum atomic E-state index is -4.03. The molecular weight excluding hydrogens is 350 g/mol. The van der Waals surface area contributed by atoms with E-state index in [9.17, 15) is 18.0 Å². The second-order valence-corrected chi connectivity index (χ2v) is 7.56. The first-order valence-electron chi connectivity index (χ1n) is 8.21. The van der Waals surface area contributed by atoms with Gasteiger partial charge in [-0.15, -0.1) is 0 Å². The summed E-state index contributed by atoms with van der Waals surface area (Å²) in [5.74, 6) is -1.67. The Morgan fingerprint density at radius 2 is 1.96 bits per heavy atom. The molecule has 9 nitrogen and oxygen atoms in total. The highest BCUT2D eigenvalue weighted by Gasteiger charge is 2.38. The molecule has 2 heterocycles. The van der Waals surface area contributed by atoms with Gasteiger partial charge in [-0.25, -0.2) is 13.2 Å². The number of aromatic nitrogens is 2. The summed E-state index contributed by atoms with van der Waals surface area (Å²) in [6, 6.07) is 0. The van der Waals surface area contributed by atoms with Gasteiger partial charge in [0.15, 0.2) is 0 Å². The average Bonchev–Trinajstić information content (AvgIpc) is 2.98. The van der Waals surface area contributed by atoms with Gasteiger partial charge in [0, 0.05) is 18.8 Å². The highest BCUT2D eigenvalue weighted by molar-refractivity contribution is 7.89. The van der Waals surface area contributed by atoms with E-state index in [1.165, 1.54) is 4.31 Å². The van der Waals surface area contributed by atoms with Gasteiger partial charge < -0.3 is 9.47 Å². The van der Waals surface area contributed by atoms with Crippen LogP contribution >= 0.6 is 0 Å². The van der Waals surface area contributed by atoms with Gasteiger partial charge in [-0.05, 0) is 33.6 Å². The number of nitrogens with one attached hydrogen (secondary N) is 1. The van der Waals surface area contributed by atoms with E-state index < -0.39 is 27.9 Å². The molecule has 0 amide bonds. The number of rotatable bonds is 6. The summed E-state index contributed by atoms with van der Waals surface area (Å²) >= 11 is 0. The fraction of sp³-hybridized carbons (Fsp3) is 0.667. The number of aryl methyl sites for hydroxylation is 1. The molecule has 1 unspecified atom stereocenters. The smallest absolute Gasteiger partial charge is 0.343 e. The van der Waals surface area contributed by atoms with Crippen molar-refractivity contribution >= 4 is 22.0 Å². The second kappa shape index (κ2) is 7.96. The van der Waals surface area contributed by atoms with Crippen molar-refractivity contribution in [1.29, 1.82) is 0 Å². The van der Waals surface area contributed by atoms with E-state index in [2.05, 4.69) is 10.2 Å². The van der Waals surface area contributed by atoms with E-state index in [0.29, 0.717) is 18.5 Å². The van der Waals surface area contributed by atoms with Crippen LogP contribution in [0.3, 0.4) is 0 Å². The summed E-state index contributed by atoms with van der Waals surface area (Å²) in [5.41, 5.74) is 0.219. The number of nitrogens with zero attached hydrogens (tertiary/aromatic N) is 2. The molecule has 0 aromatic carbocycles. The van der Waals surface area contributed by atoms with E-state index >= 15 is 0 Å². The standard InChI is InChI=1S/C15H23N3O6S/c1-4-23-14(19)11-7-6-8-18(9-11)25(21,22)13-12(10(3)16-17-13)15(20)24-5-2/h11H,4-9H2,1-3H3,(H,16,17). The number of esters is 2. The van der Waals surface area contributed by atoms with Crippen LogP contribution in [0.25, 0.3) is 0 Å². The molecule has 140 valence electrons. The normalized spacial score (nSPS) is 18.8. The summed E-state index contributed by atoms with van der Waals surface area (Å²) < 4.78 is 37.0. The van der Waals surface area contributed by atoms with Gasteiger partial charge in [0.2, 0.25) is 5.03 Å². The molecule has 1 N–H and O–H groups in total. The van der Waals surface area contributed by atoms with Gasteiger partial charge in [0.05, 0.1) is 19.1 Å². The molecule has 1 saturated heterocycles. The third-order valence-corrected chi connectivity index (χ3v) is 5.78. The van der Waals surface area contributed by atoms with E-state index in [1.54, 1.807) is 20.8 Å². The Morgan fingerprint density at radius 3 is 2.60 bits per heavy atom. The molecule has 1 atom stereocenters. The number of hydrogen-bond donors (Lipinski definition) is 1. The van der Waals surface area contributed by atoms with Crippen molar-refractivity contribution < 1.29 is 27.5 Å². The van der Waals surface area contributed by atoms with Crippen molar-refractivity contribution in [3.63, 3.8) is 0 Å². The van der Waals surface area contributed by atoms with Crippen molar-refractivity contribution in [3.8, 4) is 0 Å². The SMILES string of the molecule is CCOC(=O)c1c(S(=O)(=O)N2CCCC(C(=O)OCC)C2)n[nH]c1C. The third-order valence-electron chi connectivity index (χ3n) is 3.98. The first-order chi connectivity index (χ1) is 11.8. The summed E-state index contributed by atoms with van der Waals surface area (Å²) in [4.78, 5) is 24.0. The van der Waals surface area contributed by atoms with Gasteiger partial charge in [0.25, 0.3) is 10.0 Å². The van der Waals surface area contributed by atoms with Crippen LogP contribution in [0.1, 0.15) is 42.7 Å². The third kappa shape index (κ3) is 4.01. The Labute approximate surface area is 146 Å². The van der Waals surface area contributed by atoms with Crippen LogP contribution in [-0.4, -0.2) is 61.2 Å². The first kappa shape index (κ1) is 19.4. The predicted molar refractivity (Wildman–Crippen MR) is 87.4 cm³/mol. The Morgan fingerprint density at radius 1 is 1.28 bits per heavy atom. The topological polar surface area (TPSA) is 119 Å². The van der Waals surface area contributed by atoms with Crippen LogP contribution in [0.15, 0.2) is 5.03 Å². The second-order valence-electron chi connectivity index (χ2n) is 5.70. The zero-order chi connectivity index (χ0) is 18.6. The fourth-order valence-electron chi connectivity index (χ4n) is 2.77. The van der Waals surface area contributed by atoms with Crippen LogP contribution in [0.4, 0.5) is 0 Å². The lowest BCUT2D eigenvalue weighted by Crippen LogP contribution is -2.43. The maximum atomic E-state index is 12.9. The molecule has 10 heteroatoms. The molecule has 0 bridgehead atoms. The van der Waals surface area contributed by atoms with Gasteiger partial charge in [-0.2, -0.15) is 9.40 Å². The fourth-order valence-corrected chi connectivity index (χ4v) is 4.42. The van der Waals surface area contributed by atoms with Crippen molar-refractivity contribution in [1.82, 2.24) is 14.5 Å². The Kier molecular flexibility index (Phi) is 6.17. The first-order valence-corrected chi connectivity index (χ1v) is 9.65.